The fourth-order valence-corrected chi connectivity index (χ4v) is 9.06. The first-order chi connectivity index (χ1) is 20.0. The second-order valence-corrected chi connectivity index (χ2v) is 13.4. The first-order valence-electron chi connectivity index (χ1n) is 13.2. The largest absolute Gasteiger partial charge is 0.545 e. The number of aromatic hydroxyl groups is 2. The van der Waals surface area contributed by atoms with Crippen LogP contribution in [0.25, 0.3) is 0 Å². The molecule has 0 atom stereocenters. The molecule has 0 fully saturated rings. The molecular weight excluding hydrogens is 547 g/mol. The van der Waals surface area contributed by atoms with E-state index >= 15 is 0 Å². The minimum atomic E-state index is -2.44. The Hall–Kier alpha value is -4.93. The highest BCUT2D eigenvalue weighted by atomic mass is 31.2. The van der Waals surface area contributed by atoms with Crippen LogP contribution in [-0.4, -0.2) is 27.3 Å². The van der Waals surface area contributed by atoms with E-state index in [0.29, 0.717) is 0 Å². The van der Waals surface area contributed by atoms with E-state index in [4.69, 9.17) is 5.11 Å². The molecule has 0 radical (unpaired) electrons. The standard InChI is InChI=1S/C27H25O2P.C8H6O4/c1-19-4-11-23(12-5-19)30(24-13-6-20(2)7-14-24,25-15-8-21(3)9-16-25)27-18-22(28)10-17-26(27)29;9-7(10)5-3-1-2-4-6(5)8(11)12/h4-18H,1-3H3,(H-,28,29);1-4H,(H,9,10)(H,11,12). The summed E-state index contributed by atoms with van der Waals surface area (Å²) in [6.07, 6.45) is 0. The Balaban J connectivity index is 0.000000283. The zero-order valence-electron chi connectivity index (χ0n) is 23.5. The van der Waals surface area contributed by atoms with Gasteiger partial charge in [-0.1, -0.05) is 71.3 Å². The van der Waals surface area contributed by atoms with Crippen LogP contribution in [0, 0.1) is 20.8 Å². The average molecular weight is 579 g/mol. The molecule has 42 heavy (non-hydrogen) atoms. The molecule has 7 heteroatoms. The lowest BCUT2D eigenvalue weighted by Crippen LogP contribution is -2.38. The van der Waals surface area contributed by atoms with Gasteiger partial charge in [0.15, 0.2) is 11.1 Å². The van der Waals surface area contributed by atoms with Crippen LogP contribution in [0.15, 0.2) is 115 Å². The van der Waals surface area contributed by atoms with Crippen molar-refractivity contribution in [2.45, 2.75) is 20.8 Å². The summed E-state index contributed by atoms with van der Waals surface area (Å²) in [4.78, 5) is 20.8. The first-order valence-corrected chi connectivity index (χ1v) is 15.0. The third-order valence-electron chi connectivity index (χ3n) is 6.96. The summed E-state index contributed by atoms with van der Waals surface area (Å²) in [5.74, 6) is -2.40. The number of carbonyl (C=O) groups excluding carboxylic acids is 1. The van der Waals surface area contributed by atoms with Gasteiger partial charge in [0.2, 0.25) is 0 Å². The van der Waals surface area contributed by atoms with E-state index in [2.05, 4.69) is 93.6 Å². The molecule has 5 aromatic rings. The Kier molecular flexibility index (Phi) is 9.09. The zero-order valence-corrected chi connectivity index (χ0v) is 24.4. The normalized spacial score (nSPS) is 10.8. The predicted molar refractivity (Wildman–Crippen MR) is 166 cm³/mol. The van der Waals surface area contributed by atoms with Gasteiger partial charge < -0.3 is 25.2 Å². The Labute approximate surface area is 245 Å². The number of aromatic carboxylic acids is 2. The highest BCUT2D eigenvalue weighted by Gasteiger charge is 2.50. The zero-order chi connectivity index (χ0) is 30.4. The fraction of sp³-hybridized carbons (Fsp3) is 0.0857. The molecule has 0 saturated carbocycles. The van der Waals surface area contributed by atoms with Crippen molar-refractivity contribution in [2.75, 3.05) is 0 Å². The number of phenolic OH excluding ortho intramolecular Hbond substituents is 2. The highest BCUT2D eigenvalue weighted by molar-refractivity contribution is 8.01. The topological polar surface area (TPSA) is 118 Å². The lowest BCUT2D eigenvalue weighted by atomic mass is 10.1. The van der Waals surface area contributed by atoms with Crippen LogP contribution in [0.4, 0.5) is 0 Å². The van der Waals surface area contributed by atoms with E-state index in [1.54, 1.807) is 12.1 Å². The Bertz CT molecular complexity index is 1560. The first kappa shape index (κ1) is 30.0. The summed E-state index contributed by atoms with van der Waals surface area (Å²) in [6, 6.07) is 35.8. The summed E-state index contributed by atoms with van der Waals surface area (Å²) < 4.78 is 0. The van der Waals surface area contributed by atoms with Crippen molar-refractivity contribution in [2.24, 2.45) is 0 Å². The third-order valence-corrected chi connectivity index (χ3v) is 11.3. The summed E-state index contributed by atoms with van der Waals surface area (Å²) in [6.45, 7) is 6.23. The van der Waals surface area contributed by atoms with Gasteiger partial charge >= 0.3 is 5.97 Å². The minimum Gasteiger partial charge on any atom is -0.545 e. The molecule has 0 heterocycles. The average Bonchev–Trinajstić information content (AvgIpc) is 2.98. The van der Waals surface area contributed by atoms with Gasteiger partial charge in [-0.3, -0.25) is 0 Å². The molecule has 5 rings (SSSR count). The van der Waals surface area contributed by atoms with Crippen molar-refractivity contribution in [3.63, 3.8) is 0 Å². The number of benzene rings is 5. The van der Waals surface area contributed by atoms with Gasteiger partial charge in [0.25, 0.3) is 0 Å². The van der Waals surface area contributed by atoms with Gasteiger partial charge in [-0.2, -0.15) is 0 Å². The van der Waals surface area contributed by atoms with Crippen LogP contribution < -0.4 is 26.3 Å². The number of rotatable bonds is 6. The lowest BCUT2D eigenvalue weighted by molar-refractivity contribution is -0.255. The van der Waals surface area contributed by atoms with Gasteiger partial charge in [0, 0.05) is 11.6 Å². The van der Waals surface area contributed by atoms with Crippen LogP contribution in [0.1, 0.15) is 37.4 Å². The molecule has 0 aromatic heterocycles. The maximum Gasteiger partial charge on any atom is 0.336 e. The second-order valence-electron chi connectivity index (χ2n) is 9.99. The quantitative estimate of drug-likeness (QED) is 0.203. The van der Waals surface area contributed by atoms with Gasteiger partial charge in [-0.05, 0) is 75.4 Å². The number of carboxylic acids is 2. The number of aryl methyl sites for hydroxylation is 3. The van der Waals surface area contributed by atoms with E-state index in [0.717, 1.165) is 21.2 Å². The molecule has 212 valence electrons. The minimum absolute atomic E-state index is 0.151. The molecule has 0 aliphatic rings. The van der Waals surface area contributed by atoms with Crippen molar-refractivity contribution in [1.82, 2.24) is 0 Å². The van der Waals surface area contributed by atoms with Gasteiger partial charge in [-0.15, -0.1) is 0 Å². The third kappa shape index (κ3) is 6.19. The Morgan fingerprint density at radius 2 is 1.00 bits per heavy atom. The molecule has 5 aromatic carbocycles. The second kappa shape index (κ2) is 12.7. The van der Waals surface area contributed by atoms with Crippen LogP contribution in [0.5, 0.6) is 11.5 Å². The number of hydrogen-bond acceptors (Lipinski definition) is 5. The molecule has 0 amide bonds. The van der Waals surface area contributed by atoms with E-state index in [9.17, 15) is 24.9 Å². The SMILES string of the molecule is Cc1ccc([P+](c2ccc(C)cc2)(c2ccc(C)cc2)c2cc(O)ccc2O)cc1.O=C([O-])c1ccccc1C(=O)O. The maximum absolute atomic E-state index is 11.0. The number of carboxylic acid groups (broad SMARTS) is 2. The smallest absolute Gasteiger partial charge is 0.336 e. The molecular formula is C35H31O6P. The monoisotopic (exact) mass is 578 g/mol. The molecule has 6 nitrogen and oxygen atoms in total. The number of phenols is 2. The molecule has 0 unspecified atom stereocenters. The highest BCUT2D eigenvalue weighted by Crippen LogP contribution is 2.56. The van der Waals surface area contributed by atoms with E-state index in [1.807, 2.05) is 0 Å². The fourth-order valence-electron chi connectivity index (χ4n) is 4.80. The van der Waals surface area contributed by atoms with Gasteiger partial charge in [0.05, 0.1) is 11.5 Å². The maximum atomic E-state index is 11.0. The molecule has 0 spiro atoms. The van der Waals surface area contributed by atoms with Gasteiger partial charge in [0.1, 0.15) is 28.9 Å². The Morgan fingerprint density at radius 3 is 1.36 bits per heavy atom. The summed E-state index contributed by atoms with van der Waals surface area (Å²) in [5.41, 5.74) is 3.00. The summed E-state index contributed by atoms with van der Waals surface area (Å²) in [7, 11) is -2.44. The number of carbonyl (C=O) groups is 2. The van der Waals surface area contributed by atoms with Crippen LogP contribution >= 0.6 is 7.26 Å². The summed E-state index contributed by atoms with van der Waals surface area (Å²) in [5, 5.41) is 44.5. The van der Waals surface area contributed by atoms with Crippen molar-refractivity contribution in [3.05, 3.63) is 143 Å². The van der Waals surface area contributed by atoms with E-state index < -0.39 is 19.2 Å². The number of hydrogen-bond donors (Lipinski definition) is 3. The van der Waals surface area contributed by atoms with Crippen LogP contribution in [0.2, 0.25) is 0 Å². The molecule has 0 bridgehead atoms. The van der Waals surface area contributed by atoms with Crippen LogP contribution in [-0.2, 0) is 0 Å². The molecule has 0 aliphatic carbocycles. The van der Waals surface area contributed by atoms with Crippen molar-refractivity contribution in [1.29, 1.82) is 0 Å². The van der Waals surface area contributed by atoms with E-state index in [1.165, 1.54) is 47.0 Å². The van der Waals surface area contributed by atoms with Crippen molar-refractivity contribution < 1.29 is 30.0 Å². The molecule has 0 aliphatic heterocycles. The molecule has 0 saturated heterocycles. The Morgan fingerprint density at radius 1 is 0.595 bits per heavy atom. The summed E-state index contributed by atoms with van der Waals surface area (Å²) >= 11 is 0. The lowest BCUT2D eigenvalue weighted by Gasteiger charge is -2.28. The van der Waals surface area contributed by atoms with Crippen molar-refractivity contribution in [3.8, 4) is 11.5 Å². The van der Waals surface area contributed by atoms with Crippen molar-refractivity contribution >= 4 is 40.4 Å². The van der Waals surface area contributed by atoms with Gasteiger partial charge in [-0.25, -0.2) is 4.79 Å². The molecule has 3 N–H and O–H groups in total. The van der Waals surface area contributed by atoms with Crippen LogP contribution in [0.3, 0.4) is 0 Å². The predicted octanol–water partition coefficient (Wildman–Crippen LogP) is 4.39. The van der Waals surface area contributed by atoms with E-state index in [-0.39, 0.29) is 22.6 Å².